The molecule has 0 N–H and O–H groups in total. The molecule has 0 saturated carbocycles. The van der Waals surface area contributed by atoms with Gasteiger partial charge in [0, 0.05) is 0 Å². The molecule has 82 valence electrons. The van der Waals surface area contributed by atoms with Gasteiger partial charge in [-0.25, -0.2) is 0 Å². The van der Waals surface area contributed by atoms with Crippen molar-refractivity contribution in [1.29, 1.82) is 0 Å². The van der Waals surface area contributed by atoms with Gasteiger partial charge in [0.15, 0.2) is 0 Å². The zero-order valence-electron chi connectivity index (χ0n) is 8.94. The summed E-state index contributed by atoms with van der Waals surface area (Å²) in [4.78, 5) is 0. The predicted molar refractivity (Wildman–Crippen MR) is 57.0 cm³/mol. The first kappa shape index (κ1) is 10.5. The van der Waals surface area contributed by atoms with E-state index in [4.69, 9.17) is 14.2 Å². The Hall–Kier alpha value is -1.06. The SMILES string of the molecule is CCOc1ccc(COC[C@@H]2CO2)cc1. The minimum Gasteiger partial charge on any atom is -0.494 e. The van der Waals surface area contributed by atoms with Crippen molar-refractivity contribution in [2.45, 2.75) is 19.6 Å². The van der Waals surface area contributed by atoms with Crippen molar-refractivity contribution in [2.24, 2.45) is 0 Å². The molecule has 3 nitrogen and oxygen atoms in total. The number of benzene rings is 1. The molecule has 1 aromatic rings. The summed E-state index contributed by atoms with van der Waals surface area (Å²) in [5, 5.41) is 0. The van der Waals surface area contributed by atoms with E-state index in [0.29, 0.717) is 25.9 Å². The van der Waals surface area contributed by atoms with Crippen molar-refractivity contribution in [3.05, 3.63) is 29.8 Å². The third-order valence-corrected chi connectivity index (χ3v) is 2.21. The molecular weight excluding hydrogens is 192 g/mol. The second-order valence-electron chi connectivity index (χ2n) is 3.55. The molecule has 1 aliphatic rings. The van der Waals surface area contributed by atoms with Crippen LogP contribution in [0.2, 0.25) is 0 Å². The van der Waals surface area contributed by atoms with Crippen LogP contribution in [0.5, 0.6) is 5.75 Å². The standard InChI is InChI=1S/C12H16O3/c1-2-14-11-5-3-10(4-6-11)7-13-8-12-9-15-12/h3-6,12H,2,7-9H2,1H3/t12-/m1/s1. The molecule has 1 fully saturated rings. The molecule has 2 rings (SSSR count). The van der Waals surface area contributed by atoms with E-state index in [1.165, 1.54) is 5.56 Å². The first-order chi connectivity index (χ1) is 7.38. The molecule has 0 bridgehead atoms. The van der Waals surface area contributed by atoms with E-state index >= 15 is 0 Å². The summed E-state index contributed by atoms with van der Waals surface area (Å²) in [6.45, 7) is 4.88. The van der Waals surface area contributed by atoms with Crippen molar-refractivity contribution in [2.75, 3.05) is 19.8 Å². The van der Waals surface area contributed by atoms with Crippen molar-refractivity contribution in [1.82, 2.24) is 0 Å². The van der Waals surface area contributed by atoms with Crippen molar-refractivity contribution in [3.8, 4) is 5.75 Å². The van der Waals surface area contributed by atoms with Gasteiger partial charge >= 0.3 is 0 Å². The second kappa shape index (κ2) is 5.14. The molecule has 1 heterocycles. The maximum Gasteiger partial charge on any atom is 0.119 e. The Bertz CT molecular complexity index is 290. The summed E-state index contributed by atoms with van der Waals surface area (Å²) in [5.74, 6) is 0.909. The Morgan fingerprint density at radius 3 is 2.67 bits per heavy atom. The van der Waals surface area contributed by atoms with Crippen molar-refractivity contribution >= 4 is 0 Å². The molecule has 3 heteroatoms. The maximum absolute atomic E-state index is 5.48. The molecule has 0 unspecified atom stereocenters. The summed E-state index contributed by atoms with van der Waals surface area (Å²) < 4.78 is 15.9. The van der Waals surface area contributed by atoms with Gasteiger partial charge in [0.05, 0.1) is 26.4 Å². The highest BCUT2D eigenvalue weighted by Gasteiger charge is 2.22. The van der Waals surface area contributed by atoms with Crippen LogP contribution in [-0.4, -0.2) is 25.9 Å². The van der Waals surface area contributed by atoms with Gasteiger partial charge in [-0.3, -0.25) is 0 Å². The molecule has 1 aliphatic heterocycles. The highest BCUT2D eigenvalue weighted by molar-refractivity contribution is 5.26. The van der Waals surface area contributed by atoms with E-state index in [2.05, 4.69) is 0 Å². The van der Waals surface area contributed by atoms with E-state index < -0.39 is 0 Å². The number of epoxide rings is 1. The summed E-state index contributed by atoms with van der Waals surface area (Å²) in [5.41, 5.74) is 1.17. The van der Waals surface area contributed by atoms with Gasteiger partial charge in [-0.1, -0.05) is 12.1 Å². The van der Waals surface area contributed by atoms with Crippen LogP contribution in [0.4, 0.5) is 0 Å². The van der Waals surface area contributed by atoms with Crippen LogP contribution in [0.3, 0.4) is 0 Å². The van der Waals surface area contributed by atoms with Crippen LogP contribution >= 0.6 is 0 Å². The van der Waals surface area contributed by atoms with E-state index in [1.54, 1.807) is 0 Å². The molecule has 1 atom stereocenters. The van der Waals surface area contributed by atoms with Crippen LogP contribution in [0.15, 0.2) is 24.3 Å². The maximum atomic E-state index is 5.48. The van der Waals surface area contributed by atoms with Crippen LogP contribution in [0.25, 0.3) is 0 Å². The lowest BCUT2D eigenvalue weighted by Crippen LogP contribution is -2.01. The average molecular weight is 208 g/mol. The topological polar surface area (TPSA) is 31.0 Å². The zero-order valence-corrected chi connectivity index (χ0v) is 8.94. The predicted octanol–water partition coefficient (Wildman–Crippen LogP) is 2.00. The minimum absolute atomic E-state index is 0.340. The smallest absolute Gasteiger partial charge is 0.119 e. The average Bonchev–Trinajstić information content (AvgIpc) is 3.05. The Kier molecular flexibility index (Phi) is 3.59. The number of hydrogen-bond donors (Lipinski definition) is 0. The fourth-order valence-electron chi connectivity index (χ4n) is 1.32. The molecular formula is C12H16O3. The molecule has 1 aromatic carbocycles. The van der Waals surface area contributed by atoms with Crippen LogP contribution in [-0.2, 0) is 16.1 Å². The van der Waals surface area contributed by atoms with Gasteiger partial charge in [-0.05, 0) is 24.6 Å². The highest BCUT2D eigenvalue weighted by atomic mass is 16.6. The zero-order chi connectivity index (χ0) is 10.5. The van der Waals surface area contributed by atoms with E-state index in [-0.39, 0.29) is 0 Å². The summed E-state index contributed by atoms with van der Waals surface area (Å²) in [6.07, 6.45) is 0.340. The Balaban J connectivity index is 1.75. The van der Waals surface area contributed by atoms with Gasteiger partial charge in [0.2, 0.25) is 0 Å². The molecule has 0 radical (unpaired) electrons. The van der Waals surface area contributed by atoms with Crippen LogP contribution in [0.1, 0.15) is 12.5 Å². The van der Waals surface area contributed by atoms with Gasteiger partial charge < -0.3 is 14.2 Å². The fraction of sp³-hybridized carbons (Fsp3) is 0.500. The van der Waals surface area contributed by atoms with Crippen LogP contribution < -0.4 is 4.74 Å². The van der Waals surface area contributed by atoms with Crippen molar-refractivity contribution in [3.63, 3.8) is 0 Å². The largest absolute Gasteiger partial charge is 0.494 e. The van der Waals surface area contributed by atoms with Crippen molar-refractivity contribution < 1.29 is 14.2 Å². The van der Waals surface area contributed by atoms with Crippen LogP contribution in [0, 0.1) is 0 Å². The summed E-state index contributed by atoms with van der Waals surface area (Å²) >= 11 is 0. The Labute approximate surface area is 90.0 Å². The van der Waals surface area contributed by atoms with E-state index in [0.717, 1.165) is 12.4 Å². The highest BCUT2D eigenvalue weighted by Crippen LogP contribution is 2.14. The van der Waals surface area contributed by atoms with Gasteiger partial charge in [0.25, 0.3) is 0 Å². The molecule has 0 aliphatic carbocycles. The Morgan fingerprint density at radius 1 is 1.33 bits per heavy atom. The lowest BCUT2D eigenvalue weighted by atomic mass is 10.2. The third-order valence-electron chi connectivity index (χ3n) is 2.21. The number of hydrogen-bond acceptors (Lipinski definition) is 3. The quantitative estimate of drug-likeness (QED) is 0.670. The molecule has 1 saturated heterocycles. The lowest BCUT2D eigenvalue weighted by Gasteiger charge is -2.05. The summed E-state index contributed by atoms with van der Waals surface area (Å²) in [7, 11) is 0. The normalized spacial score (nSPS) is 18.9. The van der Waals surface area contributed by atoms with Gasteiger partial charge in [0.1, 0.15) is 11.9 Å². The first-order valence-corrected chi connectivity index (χ1v) is 5.29. The van der Waals surface area contributed by atoms with Gasteiger partial charge in [-0.15, -0.1) is 0 Å². The summed E-state index contributed by atoms with van der Waals surface area (Å²) in [6, 6.07) is 7.99. The Morgan fingerprint density at radius 2 is 2.07 bits per heavy atom. The van der Waals surface area contributed by atoms with Gasteiger partial charge in [-0.2, -0.15) is 0 Å². The molecule has 0 amide bonds. The third kappa shape index (κ3) is 3.53. The first-order valence-electron chi connectivity index (χ1n) is 5.29. The second-order valence-corrected chi connectivity index (χ2v) is 3.55. The van der Waals surface area contributed by atoms with E-state index in [1.807, 2.05) is 31.2 Å². The lowest BCUT2D eigenvalue weighted by molar-refractivity contribution is 0.104. The molecule has 15 heavy (non-hydrogen) atoms. The molecule has 0 spiro atoms. The fourth-order valence-corrected chi connectivity index (χ4v) is 1.32. The molecule has 0 aromatic heterocycles. The minimum atomic E-state index is 0.340. The monoisotopic (exact) mass is 208 g/mol. The number of rotatable bonds is 6. The van der Waals surface area contributed by atoms with E-state index in [9.17, 15) is 0 Å². The number of ether oxygens (including phenoxy) is 3.